The highest BCUT2D eigenvalue weighted by atomic mass is 15.0. The van der Waals surface area contributed by atoms with E-state index in [0.29, 0.717) is 0 Å². The molecule has 21 heavy (non-hydrogen) atoms. The van der Waals surface area contributed by atoms with Gasteiger partial charge in [0.1, 0.15) is 0 Å². The van der Waals surface area contributed by atoms with Gasteiger partial charge >= 0.3 is 0 Å². The lowest BCUT2D eigenvalue weighted by atomic mass is 10.0. The minimum atomic E-state index is 0.188. The van der Waals surface area contributed by atoms with Gasteiger partial charge in [0.25, 0.3) is 0 Å². The maximum Gasteiger partial charge on any atom is 0.0513 e. The number of hydrogen-bond acceptors (Lipinski definition) is 1. The molecule has 0 spiro atoms. The van der Waals surface area contributed by atoms with E-state index in [2.05, 4.69) is 72.3 Å². The van der Waals surface area contributed by atoms with E-state index in [0.717, 1.165) is 19.4 Å². The molecule has 0 bridgehead atoms. The Hall–Kier alpha value is -2.06. The summed E-state index contributed by atoms with van der Waals surface area (Å²) >= 11 is 0. The van der Waals surface area contributed by atoms with Gasteiger partial charge in [-0.15, -0.1) is 0 Å². The smallest absolute Gasteiger partial charge is 0.0513 e. The quantitative estimate of drug-likeness (QED) is 0.756. The standard InChI is InChI=1S/C19H22N2/c1-15(20)14-18-9-5-8-17-11-13-21(19(17)18)12-10-16-6-3-2-4-7-16/h2-9,11,13,15H,10,12,14,20H2,1H3. The molecule has 1 aromatic heterocycles. The molecule has 2 heteroatoms. The predicted octanol–water partition coefficient (Wildman–Crippen LogP) is 3.77. The second kappa shape index (κ2) is 6.15. The Morgan fingerprint density at radius 1 is 1.00 bits per heavy atom. The second-order valence-electron chi connectivity index (χ2n) is 5.78. The summed E-state index contributed by atoms with van der Waals surface area (Å²) < 4.78 is 2.36. The lowest BCUT2D eigenvalue weighted by Crippen LogP contribution is -2.18. The van der Waals surface area contributed by atoms with Crippen molar-refractivity contribution in [2.75, 3.05) is 0 Å². The third-order valence-electron chi connectivity index (χ3n) is 3.90. The zero-order valence-corrected chi connectivity index (χ0v) is 12.5. The van der Waals surface area contributed by atoms with Crippen molar-refractivity contribution in [3.8, 4) is 0 Å². The molecule has 0 amide bonds. The van der Waals surface area contributed by atoms with E-state index in [-0.39, 0.29) is 6.04 Å². The molecule has 3 aromatic rings. The third kappa shape index (κ3) is 3.17. The fraction of sp³-hybridized carbons (Fsp3) is 0.263. The summed E-state index contributed by atoms with van der Waals surface area (Å²) in [5.41, 5.74) is 10.1. The zero-order chi connectivity index (χ0) is 14.7. The summed E-state index contributed by atoms with van der Waals surface area (Å²) in [6, 6.07) is 19.5. The van der Waals surface area contributed by atoms with Crippen molar-refractivity contribution in [2.45, 2.75) is 32.4 Å². The van der Waals surface area contributed by atoms with E-state index in [9.17, 15) is 0 Å². The van der Waals surface area contributed by atoms with Gasteiger partial charge in [-0.05, 0) is 42.3 Å². The van der Waals surface area contributed by atoms with Crippen LogP contribution in [0.15, 0.2) is 60.8 Å². The lowest BCUT2D eigenvalue weighted by molar-refractivity contribution is 0.707. The van der Waals surface area contributed by atoms with Gasteiger partial charge in [-0.2, -0.15) is 0 Å². The first-order chi connectivity index (χ1) is 10.2. The van der Waals surface area contributed by atoms with E-state index in [1.165, 1.54) is 22.0 Å². The van der Waals surface area contributed by atoms with Crippen LogP contribution >= 0.6 is 0 Å². The summed E-state index contributed by atoms with van der Waals surface area (Å²) in [5, 5.41) is 1.31. The first-order valence-electron chi connectivity index (χ1n) is 7.60. The highest BCUT2D eigenvalue weighted by molar-refractivity contribution is 5.83. The number of para-hydroxylation sites is 1. The Labute approximate surface area is 126 Å². The van der Waals surface area contributed by atoms with Gasteiger partial charge in [-0.3, -0.25) is 0 Å². The minimum Gasteiger partial charge on any atom is -0.347 e. The summed E-state index contributed by atoms with van der Waals surface area (Å²) in [6.45, 7) is 3.07. The van der Waals surface area contributed by atoms with Gasteiger partial charge in [-0.1, -0.05) is 48.5 Å². The van der Waals surface area contributed by atoms with E-state index in [1.807, 2.05) is 0 Å². The largest absolute Gasteiger partial charge is 0.347 e. The summed E-state index contributed by atoms with van der Waals surface area (Å²) in [7, 11) is 0. The summed E-state index contributed by atoms with van der Waals surface area (Å²) in [5.74, 6) is 0. The van der Waals surface area contributed by atoms with Crippen LogP contribution in [0.5, 0.6) is 0 Å². The number of nitrogens with two attached hydrogens (primary N) is 1. The molecule has 0 aliphatic heterocycles. The Balaban J connectivity index is 1.88. The molecule has 0 saturated carbocycles. The van der Waals surface area contributed by atoms with E-state index in [1.54, 1.807) is 0 Å². The maximum atomic E-state index is 5.99. The molecular weight excluding hydrogens is 256 g/mol. The average molecular weight is 278 g/mol. The molecule has 1 atom stereocenters. The number of aromatic nitrogens is 1. The van der Waals surface area contributed by atoms with Crippen molar-refractivity contribution in [3.05, 3.63) is 71.9 Å². The average Bonchev–Trinajstić information content (AvgIpc) is 2.90. The van der Waals surface area contributed by atoms with Gasteiger partial charge in [0.15, 0.2) is 0 Å². The number of fused-ring (bicyclic) bond motifs is 1. The van der Waals surface area contributed by atoms with Crippen LogP contribution in [0.25, 0.3) is 10.9 Å². The molecule has 0 saturated heterocycles. The fourth-order valence-electron chi connectivity index (χ4n) is 2.93. The van der Waals surface area contributed by atoms with Gasteiger partial charge < -0.3 is 10.3 Å². The number of hydrogen-bond donors (Lipinski definition) is 1. The van der Waals surface area contributed by atoms with Crippen molar-refractivity contribution in [3.63, 3.8) is 0 Å². The van der Waals surface area contributed by atoms with Gasteiger partial charge in [0.05, 0.1) is 5.52 Å². The summed E-state index contributed by atoms with van der Waals surface area (Å²) in [4.78, 5) is 0. The molecule has 0 aliphatic carbocycles. The first-order valence-corrected chi connectivity index (χ1v) is 7.60. The maximum absolute atomic E-state index is 5.99. The molecule has 3 rings (SSSR count). The van der Waals surface area contributed by atoms with Crippen LogP contribution in [0.2, 0.25) is 0 Å². The van der Waals surface area contributed by atoms with Crippen molar-refractivity contribution in [1.82, 2.24) is 4.57 Å². The SMILES string of the molecule is CC(N)Cc1cccc2ccn(CCc3ccccc3)c12. The third-order valence-corrected chi connectivity index (χ3v) is 3.90. The molecule has 0 aliphatic rings. The highest BCUT2D eigenvalue weighted by Gasteiger charge is 2.08. The van der Waals surface area contributed by atoms with Crippen LogP contribution in [0.4, 0.5) is 0 Å². The molecule has 2 N–H and O–H groups in total. The second-order valence-corrected chi connectivity index (χ2v) is 5.78. The zero-order valence-electron chi connectivity index (χ0n) is 12.5. The van der Waals surface area contributed by atoms with Crippen LogP contribution in [0.1, 0.15) is 18.1 Å². The lowest BCUT2D eigenvalue weighted by Gasteiger charge is -2.12. The van der Waals surface area contributed by atoms with E-state index in [4.69, 9.17) is 5.73 Å². The predicted molar refractivity (Wildman–Crippen MR) is 89.4 cm³/mol. The van der Waals surface area contributed by atoms with Crippen molar-refractivity contribution >= 4 is 10.9 Å². The molecule has 1 unspecified atom stereocenters. The van der Waals surface area contributed by atoms with Gasteiger partial charge in [0, 0.05) is 18.8 Å². The van der Waals surface area contributed by atoms with Crippen LogP contribution in [0.3, 0.4) is 0 Å². The Kier molecular flexibility index (Phi) is 4.07. The van der Waals surface area contributed by atoms with Crippen LogP contribution in [0, 0.1) is 0 Å². The van der Waals surface area contributed by atoms with E-state index < -0.39 is 0 Å². The number of rotatable bonds is 5. The molecular formula is C19H22N2. The fourth-order valence-corrected chi connectivity index (χ4v) is 2.93. The topological polar surface area (TPSA) is 30.9 Å². The van der Waals surface area contributed by atoms with Gasteiger partial charge in [0.2, 0.25) is 0 Å². The number of aryl methyl sites for hydroxylation is 2. The highest BCUT2D eigenvalue weighted by Crippen LogP contribution is 2.22. The monoisotopic (exact) mass is 278 g/mol. The molecule has 0 fully saturated rings. The molecule has 0 radical (unpaired) electrons. The normalized spacial score (nSPS) is 12.7. The Morgan fingerprint density at radius 3 is 2.57 bits per heavy atom. The van der Waals surface area contributed by atoms with Crippen LogP contribution in [-0.4, -0.2) is 10.6 Å². The first kappa shape index (κ1) is 13.9. The van der Waals surface area contributed by atoms with E-state index >= 15 is 0 Å². The summed E-state index contributed by atoms with van der Waals surface area (Å²) in [6.07, 6.45) is 4.17. The minimum absolute atomic E-state index is 0.188. The van der Waals surface area contributed by atoms with Gasteiger partial charge in [-0.25, -0.2) is 0 Å². The van der Waals surface area contributed by atoms with Crippen molar-refractivity contribution in [2.24, 2.45) is 5.73 Å². The van der Waals surface area contributed by atoms with Crippen molar-refractivity contribution < 1.29 is 0 Å². The Morgan fingerprint density at radius 2 is 1.81 bits per heavy atom. The Bertz CT molecular complexity index is 711. The molecule has 2 aromatic carbocycles. The van der Waals surface area contributed by atoms with Crippen LogP contribution in [-0.2, 0) is 19.4 Å². The number of benzene rings is 2. The molecule has 108 valence electrons. The van der Waals surface area contributed by atoms with Crippen LogP contribution < -0.4 is 5.73 Å². The molecule has 2 nitrogen and oxygen atoms in total. The van der Waals surface area contributed by atoms with Crippen molar-refractivity contribution in [1.29, 1.82) is 0 Å². The molecule has 1 heterocycles. The number of nitrogens with zero attached hydrogens (tertiary/aromatic N) is 1.